The molecule has 2 heterocycles. The first-order valence-corrected chi connectivity index (χ1v) is 7.68. The number of aromatic nitrogens is 4. The molecule has 2 rings (SSSR count). The van der Waals surface area contributed by atoms with Gasteiger partial charge in [0, 0.05) is 24.3 Å². The first-order chi connectivity index (χ1) is 10.3. The van der Waals surface area contributed by atoms with Crippen LogP contribution in [0.25, 0.3) is 0 Å². The van der Waals surface area contributed by atoms with Crippen LogP contribution in [0.15, 0.2) is 4.42 Å². The molecule has 0 atom stereocenters. The van der Waals surface area contributed by atoms with Gasteiger partial charge in [0.25, 0.3) is 0 Å². The van der Waals surface area contributed by atoms with Gasteiger partial charge in [-0.15, -0.1) is 5.10 Å². The molecule has 0 saturated carbocycles. The summed E-state index contributed by atoms with van der Waals surface area (Å²) in [6.07, 6.45) is 0. The van der Waals surface area contributed by atoms with Gasteiger partial charge in [-0.05, 0) is 41.5 Å². The van der Waals surface area contributed by atoms with Crippen LogP contribution in [0.1, 0.15) is 50.5 Å². The van der Waals surface area contributed by atoms with Gasteiger partial charge in [0.05, 0.1) is 17.8 Å². The van der Waals surface area contributed by atoms with Crippen molar-refractivity contribution in [2.24, 2.45) is 5.73 Å². The highest BCUT2D eigenvalue weighted by Crippen LogP contribution is 2.23. The second-order valence-corrected chi connectivity index (χ2v) is 6.09. The second-order valence-electron chi connectivity index (χ2n) is 6.09. The zero-order valence-electron chi connectivity index (χ0n) is 14.3. The Kier molecular flexibility index (Phi) is 4.55. The van der Waals surface area contributed by atoms with E-state index in [0.717, 1.165) is 18.8 Å². The van der Waals surface area contributed by atoms with Crippen LogP contribution in [-0.2, 0) is 18.6 Å². The summed E-state index contributed by atoms with van der Waals surface area (Å²) in [6, 6.07) is 0.499. The van der Waals surface area contributed by atoms with E-state index in [2.05, 4.69) is 36.1 Å². The molecule has 2 aromatic rings. The standard InChI is InChI=1S/C15H26N6O/c1-7-20(14-18-17-13(22-14)15(5,6)16)9-12-10(3)19-21(8-2)11(12)4/h7-9,16H2,1-6H3. The molecule has 0 unspecified atom stereocenters. The maximum atomic E-state index is 6.01. The average Bonchev–Trinajstić information content (AvgIpc) is 3.03. The minimum atomic E-state index is -0.635. The minimum absolute atomic E-state index is 0.443. The van der Waals surface area contributed by atoms with Crippen LogP contribution in [0.4, 0.5) is 6.01 Å². The van der Waals surface area contributed by atoms with Gasteiger partial charge < -0.3 is 15.1 Å². The van der Waals surface area contributed by atoms with Gasteiger partial charge in [0.15, 0.2) is 0 Å². The molecule has 0 aliphatic carbocycles. The van der Waals surface area contributed by atoms with Crippen molar-refractivity contribution in [1.29, 1.82) is 0 Å². The summed E-state index contributed by atoms with van der Waals surface area (Å²) in [5.74, 6) is 0.443. The normalized spacial score (nSPS) is 12.0. The van der Waals surface area contributed by atoms with Crippen LogP contribution in [-0.4, -0.2) is 26.5 Å². The summed E-state index contributed by atoms with van der Waals surface area (Å²) in [4.78, 5) is 2.04. The average molecular weight is 306 g/mol. The molecular weight excluding hydrogens is 280 g/mol. The van der Waals surface area contributed by atoms with Crippen molar-refractivity contribution >= 4 is 6.01 Å². The SMILES string of the molecule is CCN(Cc1c(C)nn(CC)c1C)c1nnc(C(C)(C)N)o1. The molecule has 22 heavy (non-hydrogen) atoms. The summed E-state index contributed by atoms with van der Waals surface area (Å²) < 4.78 is 7.75. The van der Waals surface area contributed by atoms with Crippen molar-refractivity contribution < 1.29 is 4.42 Å². The van der Waals surface area contributed by atoms with Gasteiger partial charge in [-0.25, -0.2) is 0 Å². The third-order valence-corrected chi connectivity index (χ3v) is 3.80. The quantitative estimate of drug-likeness (QED) is 0.879. The fourth-order valence-electron chi connectivity index (χ4n) is 2.38. The summed E-state index contributed by atoms with van der Waals surface area (Å²) in [6.45, 7) is 14.3. The van der Waals surface area contributed by atoms with E-state index in [9.17, 15) is 0 Å². The van der Waals surface area contributed by atoms with E-state index in [-0.39, 0.29) is 0 Å². The molecule has 0 radical (unpaired) electrons. The number of anilines is 1. The Bertz CT molecular complexity index is 637. The Morgan fingerprint density at radius 2 is 1.91 bits per heavy atom. The van der Waals surface area contributed by atoms with Crippen molar-refractivity contribution in [3.05, 3.63) is 22.8 Å². The fraction of sp³-hybridized carbons (Fsp3) is 0.667. The molecule has 2 N–H and O–H groups in total. The number of rotatable bonds is 6. The second kappa shape index (κ2) is 6.08. The predicted molar refractivity (Wildman–Crippen MR) is 85.6 cm³/mol. The largest absolute Gasteiger partial charge is 0.406 e. The van der Waals surface area contributed by atoms with Crippen molar-refractivity contribution in [2.45, 2.75) is 60.2 Å². The molecule has 7 nitrogen and oxygen atoms in total. The van der Waals surface area contributed by atoms with E-state index in [1.807, 2.05) is 30.4 Å². The lowest BCUT2D eigenvalue weighted by molar-refractivity contribution is 0.377. The molecule has 0 aliphatic rings. The van der Waals surface area contributed by atoms with Crippen LogP contribution in [0.5, 0.6) is 0 Å². The molecule has 0 spiro atoms. The Morgan fingerprint density at radius 3 is 2.36 bits per heavy atom. The van der Waals surface area contributed by atoms with E-state index in [1.54, 1.807) is 0 Å². The van der Waals surface area contributed by atoms with Gasteiger partial charge >= 0.3 is 6.01 Å². The Morgan fingerprint density at radius 1 is 1.23 bits per heavy atom. The number of hydrogen-bond donors (Lipinski definition) is 1. The van der Waals surface area contributed by atoms with Gasteiger partial charge in [0.1, 0.15) is 0 Å². The lowest BCUT2D eigenvalue weighted by Gasteiger charge is -2.19. The number of hydrogen-bond acceptors (Lipinski definition) is 6. The number of aryl methyl sites for hydroxylation is 2. The zero-order valence-corrected chi connectivity index (χ0v) is 14.3. The van der Waals surface area contributed by atoms with Crippen molar-refractivity contribution in [3.8, 4) is 0 Å². The van der Waals surface area contributed by atoms with Gasteiger partial charge in [0.2, 0.25) is 5.89 Å². The van der Waals surface area contributed by atoms with Gasteiger partial charge in [-0.2, -0.15) is 5.10 Å². The lowest BCUT2D eigenvalue weighted by Crippen LogP contribution is -2.29. The molecular formula is C15H26N6O. The van der Waals surface area contributed by atoms with Crippen LogP contribution in [0.2, 0.25) is 0 Å². The highest BCUT2D eigenvalue weighted by molar-refractivity contribution is 5.33. The van der Waals surface area contributed by atoms with E-state index in [1.165, 1.54) is 11.3 Å². The van der Waals surface area contributed by atoms with Gasteiger partial charge in [-0.1, -0.05) is 5.10 Å². The van der Waals surface area contributed by atoms with Crippen LogP contribution in [0.3, 0.4) is 0 Å². The van der Waals surface area contributed by atoms with Crippen molar-refractivity contribution in [1.82, 2.24) is 20.0 Å². The molecule has 0 fully saturated rings. The lowest BCUT2D eigenvalue weighted by atomic mass is 10.1. The third kappa shape index (κ3) is 3.14. The van der Waals surface area contributed by atoms with Crippen molar-refractivity contribution in [2.75, 3.05) is 11.4 Å². The number of nitrogens with two attached hydrogens (primary N) is 1. The van der Waals surface area contributed by atoms with E-state index in [4.69, 9.17) is 10.2 Å². The first kappa shape index (κ1) is 16.5. The number of nitrogens with zero attached hydrogens (tertiary/aromatic N) is 5. The van der Waals surface area contributed by atoms with E-state index >= 15 is 0 Å². The Hall–Kier alpha value is -1.89. The van der Waals surface area contributed by atoms with Crippen molar-refractivity contribution in [3.63, 3.8) is 0 Å². The molecule has 0 aromatic carbocycles. The van der Waals surface area contributed by atoms with E-state index < -0.39 is 5.54 Å². The Labute approximate surface area is 131 Å². The molecule has 0 saturated heterocycles. The van der Waals surface area contributed by atoms with Crippen LogP contribution in [0, 0.1) is 13.8 Å². The molecule has 7 heteroatoms. The Balaban J connectivity index is 2.26. The molecule has 2 aromatic heterocycles. The third-order valence-electron chi connectivity index (χ3n) is 3.80. The maximum absolute atomic E-state index is 6.01. The smallest absolute Gasteiger partial charge is 0.318 e. The first-order valence-electron chi connectivity index (χ1n) is 7.68. The van der Waals surface area contributed by atoms with Crippen LogP contribution >= 0.6 is 0 Å². The fourth-order valence-corrected chi connectivity index (χ4v) is 2.38. The maximum Gasteiger partial charge on any atom is 0.318 e. The predicted octanol–water partition coefficient (Wildman–Crippen LogP) is 2.12. The molecule has 122 valence electrons. The molecule has 0 aliphatic heterocycles. The summed E-state index contributed by atoms with van der Waals surface area (Å²) in [5, 5.41) is 12.8. The highest BCUT2D eigenvalue weighted by atomic mass is 16.4. The summed E-state index contributed by atoms with van der Waals surface area (Å²) in [5.41, 5.74) is 8.79. The molecule has 0 bridgehead atoms. The molecule has 0 amide bonds. The van der Waals surface area contributed by atoms with Crippen LogP contribution < -0.4 is 10.6 Å². The minimum Gasteiger partial charge on any atom is -0.406 e. The van der Waals surface area contributed by atoms with Gasteiger partial charge in [-0.3, -0.25) is 4.68 Å². The monoisotopic (exact) mass is 306 g/mol. The topological polar surface area (TPSA) is 86.0 Å². The van der Waals surface area contributed by atoms with E-state index in [0.29, 0.717) is 18.5 Å². The highest BCUT2D eigenvalue weighted by Gasteiger charge is 2.24. The summed E-state index contributed by atoms with van der Waals surface area (Å²) >= 11 is 0. The summed E-state index contributed by atoms with van der Waals surface area (Å²) in [7, 11) is 0. The zero-order chi connectivity index (χ0) is 16.5.